The number of aromatic nitrogens is 2. The van der Waals surface area contributed by atoms with Crippen LogP contribution in [-0.2, 0) is 22.6 Å². The zero-order valence-electron chi connectivity index (χ0n) is 9.79. The second-order valence-corrected chi connectivity index (χ2v) is 4.72. The maximum atomic E-state index is 10.8. The molecule has 0 atom stereocenters. The van der Waals surface area contributed by atoms with Gasteiger partial charge >= 0.3 is 5.97 Å². The van der Waals surface area contributed by atoms with Crippen molar-refractivity contribution < 1.29 is 14.6 Å². The van der Waals surface area contributed by atoms with Crippen molar-refractivity contribution in [1.29, 1.82) is 0 Å². The van der Waals surface area contributed by atoms with Gasteiger partial charge in [0.25, 0.3) is 0 Å². The van der Waals surface area contributed by atoms with E-state index < -0.39 is 5.97 Å². The molecule has 0 aromatic carbocycles. The average Bonchev–Trinajstić information content (AvgIpc) is 2.73. The summed E-state index contributed by atoms with van der Waals surface area (Å²) in [5.41, 5.74) is 1.57. The second-order valence-electron chi connectivity index (χ2n) is 3.63. The molecule has 2 rings (SSSR count). The molecule has 0 aliphatic rings. The monoisotopic (exact) mass is 264 g/mol. The molecule has 1 N–H and O–H groups in total. The molecule has 2 heterocycles. The van der Waals surface area contributed by atoms with Crippen molar-refractivity contribution in [2.24, 2.45) is 0 Å². The lowest BCUT2D eigenvalue weighted by molar-refractivity contribution is -0.136. The van der Waals surface area contributed by atoms with E-state index in [0.717, 1.165) is 15.4 Å². The lowest BCUT2D eigenvalue weighted by atomic mass is 10.3. The zero-order chi connectivity index (χ0) is 13.0. The van der Waals surface area contributed by atoms with Crippen LogP contribution in [0.1, 0.15) is 10.6 Å². The van der Waals surface area contributed by atoms with E-state index in [1.165, 1.54) is 11.3 Å². The molecule has 0 aliphatic carbocycles. The molecule has 0 spiro atoms. The molecule has 5 nitrogen and oxygen atoms in total. The van der Waals surface area contributed by atoms with Gasteiger partial charge in [-0.25, -0.2) is 4.98 Å². The first-order valence-electron chi connectivity index (χ1n) is 5.30. The van der Waals surface area contributed by atoms with Gasteiger partial charge in [-0.3, -0.25) is 9.78 Å². The van der Waals surface area contributed by atoms with Gasteiger partial charge in [0.15, 0.2) is 0 Å². The van der Waals surface area contributed by atoms with Crippen molar-refractivity contribution in [3.05, 3.63) is 35.1 Å². The molecular weight excluding hydrogens is 252 g/mol. The van der Waals surface area contributed by atoms with Crippen molar-refractivity contribution in [2.45, 2.75) is 13.0 Å². The summed E-state index contributed by atoms with van der Waals surface area (Å²) in [6, 6.07) is 3.72. The number of thiazole rings is 1. The van der Waals surface area contributed by atoms with Crippen molar-refractivity contribution in [3.8, 4) is 10.6 Å². The van der Waals surface area contributed by atoms with Gasteiger partial charge < -0.3 is 9.84 Å². The average molecular weight is 264 g/mol. The van der Waals surface area contributed by atoms with Crippen LogP contribution in [0.4, 0.5) is 0 Å². The number of rotatable bonds is 5. The number of carbonyl (C=O) groups is 1. The Bertz CT molecular complexity index is 540. The van der Waals surface area contributed by atoms with E-state index in [1.54, 1.807) is 19.5 Å². The number of carboxylic acid groups (broad SMARTS) is 1. The van der Waals surface area contributed by atoms with Gasteiger partial charge in [0.05, 0.1) is 18.7 Å². The van der Waals surface area contributed by atoms with Gasteiger partial charge in [0.2, 0.25) is 0 Å². The third-order valence-electron chi connectivity index (χ3n) is 2.28. The fourth-order valence-corrected chi connectivity index (χ4v) is 2.57. The molecule has 0 radical (unpaired) electrons. The lowest BCUT2D eigenvalue weighted by Crippen LogP contribution is -2.01. The molecule has 2 aromatic rings. The third kappa shape index (κ3) is 2.91. The van der Waals surface area contributed by atoms with Crippen LogP contribution >= 0.6 is 11.3 Å². The van der Waals surface area contributed by atoms with Gasteiger partial charge in [-0.1, -0.05) is 0 Å². The summed E-state index contributed by atoms with van der Waals surface area (Å²) in [6.07, 6.45) is 3.36. The Hall–Kier alpha value is -1.79. The molecule has 0 saturated carbocycles. The summed E-state index contributed by atoms with van der Waals surface area (Å²) < 4.78 is 5.03. The third-order valence-corrected chi connectivity index (χ3v) is 3.43. The Balaban J connectivity index is 2.35. The number of hydrogen-bond donors (Lipinski definition) is 1. The van der Waals surface area contributed by atoms with Crippen LogP contribution in [0.5, 0.6) is 0 Å². The number of ether oxygens (including phenoxy) is 1. The van der Waals surface area contributed by atoms with Crippen LogP contribution in [0.25, 0.3) is 10.6 Å². The molecule has 6 heteroatoms. The van der Waals surface area contributed by atoms with E-state index in [1.807, 2.05) is 12.1 Å². The summed E-state index contributed by atoms with van der Waals surface area (Å²) >= 11 is 1.37. The second kappa shape index (κ2) is 5.70. The van der Waals surface area contributed by atoms with Crippen LogP contribution in [-0.4, -0.2) is 28.2 Å². The van der Waals surface area contributed by atoms with Gasteiger partial charge in [-0.15, -0.1) is 11.3 Å². The number of carboxylic acids is 1. The van der Waals surface area contributed by atoms with E-state index >= 15 is 0 Å². The number of aliphatic carboxylic acids is 1. The van der Waals surface area contributed by atoms with E-state index in [9.17, 15) is 4.79 Å². The number of hydrogen-bond acceptors (Lipinski definition) is 5. The van der Waals surface area contributed by atoms with Crippen LogP contribution in [0.15, 0.2) is 24.5 Å². The highest BCUT2D eigenvalue weighted by Gasteiger charge is 2.15. The van der Waals surface area contributed by atoms with E-state index in [4.69, 9.17) is 9.84 Å². The first-order valence-corrected chi connectivity index (χ1v) is 6.12. The predicted octanol–water partition coefficient (Wildman–Crippen LogP) is 1.98. The zero-order valence-corrected chi connectivity index (χ0v) is 10.6. The maximum Gasteiger partial charge on any atom is 0.308 e. The normalized spacial score (nSPS) is 10.5. The Labute approximate surface area is 108 Å². The molecule has 0 unspecified atom stereocenters. The summed E-state index contributed by atoms with van der Waals surface area (Å²) in [7, 11) is 1.56. The predicted molar refractivity (Wildman–Crippen MR) is 67.4 cm³/mol. The molecule has 0 fully saturated rings. The quantitative estimate of drug-likeness (QED) is 0.894. The highest BCUT2D eigenvalue weighted by atomic mass is 32.1. The van der Waals surface area contributed by atoms with Crippen LogP contribution in [0, 0.1) is 0 Å². The van der Waals surface area contributed by atoms with Crippen LogP contribution < -0.4 is 0 Å². The van der Waals surface area contributed by atoms with E-state index in [0.29, 0.717) is 12.3 Å². The highest BCUT2D eigenvalue weighted by molar-refractivity contribution is 7.15. The molecular formula is C12H12N2O3S. The SMILES string of the molecule is COCc1nc(-c2cccnc2)sc1CC(=O)O. The first-order chi connectivity index (χ1) is 8.70. The first kappa shape index (κ1) is 12.7. The van der Waals surface area contributed by atoms with Crippen LogP contribution in [0.2, 0.25) is 0 Å². The fourth-order valence-electron chi connectivity index (χ4n) is 1.52. The van der Waals surface area contributed by atoms with Crippen molar-refractivity contribution in [3.63, 3.8) is 0 Å². The summed E-state index contributed by atoms with van der Waals surface area (Å²) in [4.78, 5) is 20.0. The molecule has 0 bridgehead atoms. The lowest BCUT2D eigenvalue weighted by Gasteiger charge is -1.96. The van der Waals surface area contributed by atoms with Gasteiger partial charge in [0.1, 0.15) is 5.01 Å². The Kier molecular flexibility index (Phi) is 4.01. The largest absolute Gasteiger partial charge is 0.481 e. The summed E-state index contributed by atoms with van der Waals surface area (Å²) in [5, 5.41) is 9.63. The van der Waals surface area contributed by atoms with Gasteiger partial charge in [-0.2, -0.15) is 0 Å². The van der Waals surface area contributed by atoms with Crippen LogP contribution in [0.3, 0.4) is 0 Å². The van der Waals surface area contributed by atoms with E-state index in [-0.39, 0.29) is 6.42 Å². The minimum atomic E-state index is -0.867. The number of nitrogens with zero attached hydrogens (tertiary/aromatic N) is 2. The maximum absolute atomic E-state index is 10.8. The molecule has 0 saturated heterocycles. The van der Waals surface area contributed by atoms with Gasteiger partial charge in [-0.05, 0) is 12.1 Å². The van der Waals surface area contributed by atoms with E-state index in [2.05, 4.69) is 9.97 Å². The molecule has 94 valence electrons. The summed E-state index contributed by atoms with van der Waals surface area (Å²) in [5.74, 6) is -0.867. The fraction of sp³-hybridized carbons (Fsp3) is 0.250. The minimum Gasteiger partial charge on any atom is -0.481 e. The Morgan fingerprint density at radius 3 is 3.00 bits per heavy atom. The molecule has 18 heavy (non-hydrogen) atoms. The van der Waals surface area contributed by atoms with Crippen molar-refractivity contribution >= 4 is 17.3 Å². The standard InChI is InChI=1S/C12H12N2O3S/c1-17-7-9-10(5-11(15)16)18-12(14-9)8-3-2-4-13-6-8/h2-4,6H,5,7H2,1H3,(H,15,16). The topological polar surface area (TPSA) is 72.3 Å². The molecule has 2 aromatic heterocycles. The smallest absolute Gasteiger partial charge is 0.308 e. The molecule has 0 amide bonds. The Morgan fingerprint density at radius 2 is 2.39 bits per heavy atom. The minimum absolute atomic E-state index is 0.0311. The number of pyridine rings is 1. The Morgan fingerprint density at radius 1 is 1.56 bits per heavy atom. The van der Waals surface area contributed by atoms with Crippen molar-refractivity contribution in [2.75, 3.05) is 7.11 Å². The van der Waals surface area contributed by atoms with Crippen molar-refractivity contribution in [1.82, 2.24) is 9.97 Å². The molecule has 0 aliphatic heterocycles. The number of methoxy groups -OCH3 is 1. The summed E-state index contributed by atoms with van der Waals surface area (Å²) in [6.45, 7) is 0.319. The highest BCUT2D eigenvalue weighted by Crippen LogP contribution is 2.28. The van der Waals surface area contributed by atoms with Gasteiger partial charge in [0, 0.05) is 29.9 Å².